The highest BCUT2D eigenvalue weighted by molar-refractivity contribution is 6.32. The lowest BCUT2D eigenvalue weighted by atomic mass is 10.1. The lowest BCUT2D eigenvalue weighted by Crippen LogP contribution is -2.18. The molecule has 2 aromatic carbocycles. The van der Waals surface area contributed by atoms with Gasteiger partial charge in [-0.25, -0.2) is 4.79 Å². The van der Waals surface area contributed by atoms with E-state index in [1.54, 1.807) is 30.3 Å². The molecule has 0 radical (unpaired) electrons. The normalized spacial score (nSPS) is 11.4. The predicted octanol–water partition coefficient (Wildman–Crippen LogP) is 3.42. The number of nitriles is 1. The number of nitrogens with zero attached hydrogens (tertiary/aromatic N) is 1. The summed E-state index contributed by atoms with van der Waals surface area (Å²) in [5, 5.41) is 18.2. The van der Waals surface area contributed by atoms with E-state index < -0.39 is 12.1 Å². The molecule has 0 heterocycles. The average molecular weight is 288 g/mol. The van der Waals surface area contributed by atoms with E-state index in [4.69, 9.17) is 21.6 Å². The van der Waals surface area contributed by atoms with Crippen LogP contribution in [-0.2, 0) is 4.79 Å². The van der Waals surface area contributed by atoms with Crippen molar-refractivity contribution in [1.29, 1.82) is 5.26 Å². The van der Waals surface area contributed by atoms with E-state index in [2.05, 4.69) is 0 Å². The third-order valence-corrected chi connectivity index (χ3v) is 2.93. The molecule has 0 fully saturated rings. The number of hydrogen-bond acceptors (Lipinski definition) is 3. The number of aliphatic carboxylic acids is 1. The van der Waals surface area contributed by atoms with Crippen LogP contribution in [0.25, 0.3) is 0 Å². The van der Waals surface area contributed by atoms with Gasteiger partial charge in [-0.3, -0.25) is 0 Å². The summed E-state index contributed by atoms with van der Waals surface area (Å²) in [6, 6.07) is 15.0. The van der Waals surface area contributed by atoms with E-state index >= 15 is 0 Å². The number of halogens is 1. The van der Waals surface area contributed by atoms with Crippen LogP contribution in [0.5, 0.6) is 5.75 Å². The fourth-order valence-electron chi connectivity index (χ4n) is 1.68. The SMILES string of the molecule is N#Cc1ccc(OC(C(=O)O)c2ccccc2)c(Cl)c1. The van der Waals surface area contributed by atoms with Gasteiger partial charge in [0, 0.05) is 5.56 Å². The first-order valence-corrected chi connectivity index (χ1v) is 6.13. The second-order valence-corrected chi connectivity index (χ2v) is 4.41. The Kier molecular flexibility index (Phi) is 4.24. The molecule has 4 nitrogen and oxygen atoms in total. The van der Waals surface area contributed by atoms with Crippen LogP contribution in [0.1, 0.15) is 17.2 Å². The van der Waals surface area contributed by atoms with Gasteiger partial charge >= 0.3 is 5.97 Å². The number of carboxylic acids is 1. The van der Waals surface area contributed by atoms with Crippen LogP contribution >= 0.6 is 11.6 Å². The lowest BCUT2D eigenvalue weighted by molar-refractivity contribution is -0.145. The summed E-state index contributed by atoms with van der Waals surface area (Å²) in [5.74, 6) is -0.890. The molecule has 0 aliphatic heterocycles. The Morgan fingerprint density at radius 2 is 1.95 bits per heavy atom. The zero-order valence-electron chi connectivity index (χ0n) is 10.3. The van der Waals surface area contributed by atoms with Gasteiger partial charge in [-0.05, 0) is 18.2 Å². The Hall–Kier alpha value is -2.51. The molecule has 0 bridgehead atoms. The van der Waals surface area contributed by atoms with Crippen molar-refractivity contribution in [1.82, 2.24) is 0 Å². The maximum Gasteiger partial charge on any atom is 0.349 e. The summed E-state index contributed by atoms with van der Waals surface area (Å²) in [7, 11) is 0. The largest absolute Gasteiger partial charge is 0.478 e. The molecule has 2 aromatic rings. The van der Waals surface area contributed by atoms with Crippen molar-refractivity contribution in [2.24, 2.45) is 0 Å². The van der Waals surface area contributed by atoms with Crippen molar-refractivity contribution in [2.75, 3.05) is 0 Å². The first kappa shape index (κ1) is 13.9. The van der Waals surface area contributed by atoms with Gasteiger partial charge in [-0.1, -0.05) is 41.9 Å². The molecule has 0 spiro atoms. The highest BCUT2D eigenvalue weighted by Gasteiger charge is 2.22. The van der Waals surface area contributed by atoms with Gasteiger partial charge in [-0.2, -0.15) is 5.26 Å². The minimum absolute atomic E-state index is 0.200. The maximum absolute atomic E-state index is 11.3. The van der Waals surface area contributed by atoms with E-state index in [0.717, 1.165) is 0 Å². The number of ether oxygens (including phenoxy) is 1. The molecule has 1 N–H and O–H groups in total. The molecule has 5 heteroatoms. The Bertz CT molecular complexity index is 665. The van der Waals surface area contributed by atoms with Crippen molar-refractivity contribution in [3.63, 3.8) is 0 Å². The topological polar surface area (TPSA) is 70.3 Å². The van der Waals surface area contributed by atoms with E-state index in [1.165, 1.54) is 18.2 Å². The Morgan fingerprint density at radius 3 is 2.50 bits per heavy atom. The standard InChI is InChI=1S/C15H10ClNO3/c16-12-8-10(9-17)6-7-13(12)20-14(15(18)19)11-4-2-1-3-5-11/h1-8,14H,(H,18,19). The molecule has 0 saturated heterocycles. The van der Waals surface area contributed by atoms with Gasteiger partial charge in [0.25, 0.3) is 0 Å². The lowest BCUT2D eigenvalue weighted by Gasteiger charge is -2.16. The zero-order chi connectivity index (χ0) is 14.5. The molecular weight excluding hydrogens is 278 g/mol. The molecule has 0 amide bonds. The molecule has 2 rings (SSSR count). The maximum atomic E-state index is 11.3. The third-order valence-electron chi connectivity index (χ3n) is 2.63. The van der Waals surface area contributed by atoms with Crippen molar-refractivity contribution in [3.8, 4) is 11.8 Å². The molecule has 0 aromatic heterocycles. The van der Waals surface area contributed by atoms with Crippen molar-refractivity contribution in [3.05, 3.63) is 64.7 Å². The number of carbonyl (C=O) groups is 1. The summed E-state index contributed by atoms with van der Waals surface area (Å²) in [4.78, 5) is 11.3. The van der Waals surface area contributed by atoms with Gasteiger partial charge in [-0.15, -0.1) is 0 Å². The van der Waals surface area contributed by atoms with Gasteiger partial charge in [0.2, 0.25) is 6.10 Å². The number of hydrogen-bond donors (Lipinski definition) is 1. The number of rotatable bonds is 4. The first-order chi connectivity index (χ1) is 9.61. The van der Waals surface area contributed by atoms with Crippen LogP contribution in [0.3, 0.4) is 0 Å². The van der Waals surface area contributed by atoms with E-state index in [1.807, 2.05) is 6.07 Å². The number of benzene rings is 2. The highest BCUT2D eigenvalue weighted by Crippen LogP contribution is 2.30. The van der Waals surface area contributed by atoms with Crippen LogP contribution < -0.4 is 4.74 Å². The number of carboxylic acid groups (broad SMARTS) is 1. The first-order valence-electron chi connectivity index (χ1n) is 5.76. The van der Waals surface area contributed by atoms with E-state index in [-0.39, 0.29) is 10.8 Å². The van der Waals surface area contributed by atoms with Crippen molar-refractivity contribution in [2.45, 2.75) is 6.10 Å². The molecule has 0 saturated carbocycles. The molecule has 0 aliphatic carbocycles. The summed E-state index contributed by atoms with van der Waals surface area (Å²) < 4.78 is 5.45. The molecule has 0 aliphatic rings. The zero-order valence-corrected chi connectivity index (χ0v) is 11.0. The van der Waals surface area contributed by atoms with Crippen molar-refractivity contribution >= 4 is 17.6 Å². The van der Waals surface area contributed by atoms with Gasteiger partial charge in [0.15, 0.2) is 0 Å². The van der Waals surface area contributed by atoms with E-state index in [9.17, 15) is 9.90 Å². The summed E-state index contributed by atoms with van der Waals surface area (Å²) in [6.07, 6.45) is -1.15. The average Bonchev–Trinajstić information content (AvgIpc) is 2.46. The van der Waals surface area contributed by atoms with Crippen LogP contribution in [-0.4, -0.2) is 11.1 Å². The Morgan fingerprint density at radius 1 is 1.25 bits per heavy atom. The third kappa shape index (κ3) is 3.08. The predicted molar refractivity (Wildman–Crippen MR) is 73.6 cm³/mol. The summed E-state index contributed by atoms with van der Waals surface area (Å²) in [5.41, 5.74) is 0.898. The molecule has 1 atom stereocenters. The Labute approximate surface area is 120 Å². The quantitative estimate of drug-likeness (QED) is 0.935. The van der Waals surface area contributed by atoms with Crippen LogP contribution in [0.15, 0.2) is 48.5 Å². The van der Waals surface area contributed by atoms with Crippen LogP contribution in [0.2, 0.25) is 5.02 Å². The van der Waals surface area contributed by atoms with Gasteiger partial charge in [0.1, 0.15) is 5.75 Å². The Balaban J connectivity index is 2.30. The highest BCUT2D eigenvalue weighted by atomic mass is 35.5. The van der Waals surface area contributed by atoms with Gasteiger partial charge in [0.05, 0.1) is 16.7 Å². The fourth-order valence-corrected chi connectivity index (χ4v) is 1.91. The molecule has 1 unspecified atom stereocenters. The second kappa shape index (κ2) is 6.09. The monoisotopic (exact) mass is 287 g/mol. The van der Waals surface area contributed by atoms with Crippen LogP contribution in [0.4, 0.5) is 0 Å². The van der Waals surface area contributed by atoms with Crippen LogP contribution in [0, 0.1) is 11.3 Å². The minimum Gasteiger partial charge on any atom is -0.478 e. The minimum atomic E-state index is -1.15. The van der Waals surface area contributed by atoms with Crippen molar-refractivity contribution < 1.29 is 14.6 Å². The smallest absolute Gasteiger partial charge is 0.349 e. The summed E-state index contributed by atoms with van der Waals surface area (Å²) in [6.45, 7) is 0. The second-order valence-electron chi connectivity index (χ2n) is 4.00. The summed E-state index contributed by atoms with van der Waals surface area (Å²) >= 11 is 5.98. The molecule has 100 valence electrons. The molecule has 20 heavy (non-hydrogen) atoms. The molecular formula is C15H10ClNO3. The van der Waals surface area contributed by atoms with Gasteiger partial charge < -0.3 is 9.84 Å². The fraction of sp³-hybridized carbons (Fsp3) is 0.0667. The van der Waals surface area contributed by atoms with E-state index in [0.29, 0.717) is 11.1 Å².